The first-order chi connectivity index (χ1) is 7.84. The Morgan fingerprint density at radius 1 is 1.59 bits per heavy atom. The minimum atomic E-state index is -0.417. The minimum absolute atomic E-state index is 0.241. The molecule has 5 heteroatoms. The fourth-order valence-corrected chi connectivity index (χ4v) is 2.02. The van der Waals surface area contributed by atoms with Gasteiger partial charge in [-0.1, -0.05) is 0 Å². The average Bonchev–Trinajstić information content (AvgIpc) is 2.14. The molecule has 0 spiro atoms. The number of rotatable bonds is 4. The third-order valence-corrected chi connectivity index (χ3v) is 2.84. The zero-order valence-electron chi connectivity index (χ0n) is 9.75. The number of primary amides is 1. The van der Waals surface area contributed by atoms with E-state index in [9.17, 15) is 4.79 Å². The molecule has 0 atom stereocenters. The topological polar surface area (TPSA) is 78.9 Å². The third-order valence-electron chi connectivity index (χ3n) is 2.19. The van der Waals surface area contributed by atoms with E-state index in [1.807, 2.05) is 13.8 Å². The lowest BCUT2D eigenvalue weighted by atomic mass is 9.99. The van der Waals surface area contributed by atoms with Crippen molar-refractivity contribution in [2.24, 2.45) is 5.73 Å². The summed E-state index contributed by atoms with van der Waals surface area (Å²) in [6.07, 6.45) is 0.241. The SMILES string of the molecule is CC(C)(CC(N)=O)Nc1ccc(C#N)c(Br)c1. The zero-order valence-corrected chi connectivity index (χ0v) is 11.3. The van der Waals surface area contributed by atoms with Crippen LogP contribution in [0.4, 0.5) is 5.69 Å². The van der Waals surface area contributed by atoms with E-state index in [1.165, 1.54) is 0 Å². The summed E-state index contributed by atoms with van der Waals surface area (Å²) < 4.78 is 0.722. The van der Waals surface area contributed by atoms with Crippen molar-refractivity contribution in [1.29, 1.82) is 5.26 Å². The van der Waals surface area contributed by atoms with Crippen molar-refractivity contribution in [3.63, 3.8) is 0 Å². The molecule has 0 bridgehead atoms. The fourth-order valence-electron chi connectivity index (χ4n) is 1.55. The first kappa shape index (κ1) is 13.5. The predicted octanol–water partition coefficient (Wildman–Crippen LogP) is 2.39. The van der Waals surface area contributed by atoms with Crippen molar-refractivity contribution in [3.05, 3.63) is 28.2 Å². The van der Waals surface area contributed by atoms with Crippen molar-refractivity contribution in [2.45, 2.75) is 25.8 Å². The van der Waals surface area contributed by atoms with Crippen LogP contribution in [0.5, 0.6) is 0 Å². The van der Waals surface area contributed by atoms with Crippen LogP contribution in [0.2, 0.25) is 0 Å². The lowest BCUT2D eigenvalue weighted by Gasteiger charge is -2.26. The lowest BCUT2D eigenvalue weighted by Crippen LogP contribution is -2.35. The Morgan fingerprint density at radius 3 is 2.71 bits per heavy atom. The van der Waals surface area contributed by atoms with Crippen LogP contribution in [0.3, 0.4) is 0 Å². The number of amides is 1. The van der Waals surface area contributed by atoms with Gasteiger partial charge >= 0.3 is 0 Å². The molecule has 0 saturated heterocycles. The van der Waals surface area contributed by atoms with Gasteiger partial charge in [-0.15, -0.1) is 0 Å². The highest BCUT2D eigenvalue weighted by molar-refractivity contribution is 9.10. The van der Waals surface area contributed by atoms with Crippen molar-refractivity contribution < 1.29 is 4.79 Å². The van der Waals surface area contributed by atoms with Crippen LogP contribution in [0, 0.1) is 11.3 Å². The molecule has 0 radical (unpaired) electrons. The van der Waals surface area contributed by atoms with E-state index in [-0.39, 0.29) is 12.3 Å². The predicted molar refractivity (Wildman–Crippen MR) is 70.4 cm³/mol. The Labute approximate surface area is 109 Å². The number of hydrogen-bond acceptors (Lipinski definition) is 3. The summed E-state index contributed by atoms with van der Waals surface area (Å²) in [6.45, 7) is 3.79. The van der Waals surface area contributed by atoms with Gasteiger partial charge in [0.05, 0.1) is 5.56 Å². The Bertz CT molecular complexity index is 477. The van der Waals surface area contributed by atoms with Crippen LogP contribution in [0.15, 0.2) is 22.7 Å². The highest BCUT2D eigenvalue weighted by Crippen LogP contribution is 2.24. The molecular formula is C12H14BrN3O. The summed E-state index contributed by atoms with van der Waals surface area (Å²) in [6, 6.07) is 7.39. The van der Waals surface area contributed by atoms with Gasteiger partial charge in [-0.25, -0.2) is 0 Å². The monoisotopic (exact) mass is 295 g/mol. The van der Waals surface area contributed by atoms with Gasteiger partial charge in [-0.05, 0) is 48.0 Å². The van der Waals surface area contributed by atoms with Gasteiger partial charge in [0.2, 0.25) is 5.91 Å². The van der Waals surface area contributed by atoms with Crippen molar-refractivity contribution in [1.82, 2.24) is 0 Å². The Hall–Kier alpha value is -1.54. The van der Waals surface area contributed by atoms with Crippen LogP contribution in [-0.2, 0) is 4.79 Å². The van der Waals surface area contributed by atoms with Gasteiger partial charge in [0, 0.05) is 22.1 Å². The lowest BCUT2D eigenvalue weighted by molar-refractivity contribution is -0.118. The molecule has 90 valence electrons. The Balaban J connectivity index is 2.86. The molecule has 1 amide bonds. The van der Waals surface area contributed by atoms with Crippen molar-refractivity contribution in [3.8, 4) is 6.07 Å². The van der Waals surface area contributed by atoms with Gasteiger partial charge in [0.1, 0.15) is 6.07 Å². The largest absolute Gasteiger partial charge is 0.380 e. The molecule has 1 rings (SSSR count). The number of benzene rings is 1. The number of anilines is 1. The van der Waals surface area contributed by atoms with E-state index >= 15 is 0 Å². The molecule has 1 aromatic rings. The maximum Gasteiger partial charge on any atom is 0.219 e. The summed E-state index contributed by atoms with van der Waals surface area (Å²) >= 11 is 3.31. The molecule has 0 aliphatic heterocycles. The molecule has 4 nitrogen and oxygen atoms in total. The zero-order chi connectivity index (χ0) is 13.1. The van der Waals surface area contributed by atoms with Gasteiger partial charge < -0.3 is 11.1 Å². The van der Waals surface area contributed by atoms with Gasteiger partial charge in [0.25, 0.3) is 0 Å². The third kappa shape index (κ3) is 4.08. The van der Waals surface area contributed by atoms with Gasteiger partial charge in [-0.3, -0.25) is 4.79 Å². The number of halogens is 1. The van der Waals surface area contributed by atoms with Crippen LogP contribution >= 0.6 is 15.9 Å². The highest BCUT2D eigenvalue weighted by atomic mass is 79.9. The van der Waals surface area contributed by atoms with Gasteiger partial charge in [0.15, 0.2) is 0 Å². The molecule has 0 aliphatic rings. The number of hydrogen-bond donors (Lipinski definition) is 2. The van der Waals surface area contributed by atoms with E-state index < -0.39 is 5.54 Å². The molecule has 0 aliphatic carbocycles. The van der Waals surface area contributed by atoms with Crippen LogP contribution < -0.4 is 11.1 Å². The quantitative estimate of drug-likeness (QED) is 0.895. The summed E-state index contributed by atoms with van der Waals surface area (Å²) in [7, 11) is 0. The number of nitrogens with one attached hydrogen (secondary N) is 1. The molecule has 3 N–H and O–H groups in total. The van der Waals surface area contributed by atoms with E-state index in [0.29, 0.717) is 5.56 Å². The molecule has 0 aromatic heterocycles. The standard InChI is InChI=1S/C12H14BrN3O/c1-12(2,6-11(15)17)16-9-4-3-8(7-14)10(13)5-9/h3-5,16H,6H2,1-2H3,(H2,15,17). The Kier molecular flexibility index (Phi) is 4.13. The molecule has 17 heavy (non-hydrogen) atoms. The normalized spacial score (nSPS) is 10.7. The second-order valence-corrected chi connectivity index (χ2v) is 5.31. The smallest absolute Gasteiger partial charge is 0.219 e. The van der Waals surface area contributed by atoms with Crippen molar-refractivity contribution in [2.75, 3.05) is 5.32 Å². The van der Waals surface area contributed by atoms with Gasteiger partial charge in [-0.2, -0.15) is 5.26 Å². The van der Waals surface area contributed by atoms with E-state index in [4.69, 9.17) is 11.0 Å². The fraction of sp³-hybridized carbons (Fsp3) is 0.333. The number of carbonyl (C=O) groups excluding carboxylic acids is 1. The molecular weight excluding hydrogens is 282 g/mol. The van der Waals surface area contributed by atoms with Crippen LogP contribution in [0.25, 0.3) is 0 Å². The first-order valence-corrected chi connectivity index (χ1v) is 5.89. The number of nitrogens with zero attached hydrogens (tertiary/aromatic N) is 1. The molecule has 1 aromatic carbocycles. The second kappa shape index (κ2) is 5.19. The molecule has 0 heterocycles. The summed E-state index contributed by atoms with van der Waals surface area (Å²) in [5.74, 6) is -0.352. The average molecular weight is 296 g/mol. The van der Waals surface area contributed by atoms with Crippen LogP contribution in [-0.4, -0.2) is 11.4 Å². The summed E-state index contributed by atoms with van der Waals surface area (Å²) in [4.78, 5) is 10.9. The van der Waals surface area contributed by atoms with Crippen LogP contribution in [0.1, 0.15) is 25.8 Å². The highest BCUT2D eigenvalue weighted by Gasteiger charge is 2.20. The molecule has 0 unspecified atom stereocenters. The molecule has 0 saturated carbocycles. The number of nitrogens with two attached hydrogens (primary N) is 1. The molecule has 0 fully saturated rings. The minimum Gasteiger partial charge on any atom is -0.380 e. The first-order valence-electron chi connectivity index (χ1n) is 5.10. The number of carbonyl (C=O) groups is 1. The van der Waals surface area contributed by atoms with E-state index in [0.717, 1.165) is 10.2 Å². The summed E-state index contributed by atoms with van der Waals surface area (Å²) in [5.41, 5.74) is 6.17. The maximum absolute atomic E-state index is 10.9. The maximum atomic E-state index is 10.9. The number of nitriles is 1. The second-order valence-electron chi connectivity index (χ2n) is 4.46. The van der Waals surface area contributed by atoms with Crippen molar-refractivity contribution >= 4 is 27.5 Å². The summed E-state index contributed by atoms with van der Waals surface area (Å²) in [5, 5.41) is 12.0. The van der Waals surface area contributed by atoms with E-state index in [2.05, 4.69) is 27.3 Å². The van der Waals surface area contributed by atoms with E-state index in [1.54, 1.807) is 18.2 Å². The Morgan fingerprint density at radius 2 is 2.24 bits per heavy atom.